The van der Waals surface area contributed by atoms with Crippen molar-refractivity contribution in [2.24, 2.45) is 0 Å². The largest absolute Gasteiger partial charge is 0.378 e. The Kier molecular flexibility index (Phi) is 5.79. The van der Waals surface area contributed by atoms with Crippen LogP contribution >= 0.6 is 22.9 Å². The van der Waals surface area contributed by atoms with Crippen LogP contribution in [0.2, 0.25) is 5.28 Å². The van der Waals surface area contributed by atoms with Crippen molar-refractivity contribution in [2.45, 2.75) is 0 Å². The number of nitrogens with zero attached hydrogens (tertiary/aromatic N) is 5. The SMILES string of the molecule is CN1CCN(C(=O)c2cccc(-c3cc4c(N5CCOCC5)nc(Cl)nc4s3)c2)CC1. The molecule has 2 fully saturated rings. The fraction of sp³-hybridized carbons (Fsp3) is 0.409. The lowest BCUT2D eigenvalue weighted by Crippen LogP contribution is -2.47. The summed E-state index contributed by atoms with van der Waals surface area (Å²) in [5, 5.41) is 1.24. The number of amides is 1. The number of anilines is 1. The van der Waals surface area contributed by atoms with Gasteiger partial charge in [0, 0.05) is 49.7 Å². The third-order valence-corrected chi connectivity index (χ3v) is 7.09. The number of hydrogen-bond donors (Lipinski definition) is 0. The zero-order valence-electron chi connectivity index (χ0n) is 17.4. The molecule has 0 atom stereocenters. The number of ether oxygens (including phenoxy) is 1. The Morgan fingerprint density at radius 3 is 2.61 bits per heavy atom. The maximum atomic E-state index is 13.0. The second kappa shape index (κ2) is 8.70. The summed E-state index contributed by atoms with van der Waals surface area (Å²) in [6.07, 6.45) is 0. The molecule has 0 unspecified atom stereocenters. The first-order valence-electron chi connectivity index (χ1n) is 10.5. The number of rotatable bonds is 3. The van der Waals surface area contributed by atoms with Gasteiger partial charge in [-0.3, -0.25) is 4.79 Å². The highest BCUT2D eigenvalue weighted by molar-refractivity contribution is 7.22. The summed E-state index contributed by atoms with van der Waals surface area (Å²) < 4.78 is 5.48. The minimum Gasteiger partial charge on any atom is -0.378 e. The van der Waals surface area contributed by atoms with Gasteiger partial charge in [0.25, 0.3) is 5.91 Å². The number of hydrogen-bond acceptors (Lipinski definition) is 7. The number of likely N-dealkylation sites (N-methyl/N-ethyl adjacent to an activating group) is 1. The zero-order valence-corrected chi connectivity index (χ0v) is 19.0. The minimum absolute atomic E-state index is 0.0907. The number of piperazine rings is 1. The Morgan fingerprint density at radius 2 is 1.84 bits per heavy atom. The molecular weight excluding hydrogens is 434 g/mol. The van der Waals surface area contributed by atoms with Crippen molar-refractivity contribution in [3.8, 4) is 10.4 Å². The van der Waals surface area contributed by atoms with Crippen molar-refractivity contribution in [2.75, 3.05) is 64.4 Å². The summed E-state index contributed by atoms with van der Waals surface area (Å²) in [4.78, 5) is 30.3. The lowest BCUT2D eigenvalue weighted by Gasteiger charge is -2.32. The molecule has 7 nitrogen and oxygen atoms in total. The Morgan fingerprint density at radius 1 is 1.06 bits per heavy atom. The van der Waals surface area contributed by atoms with Gasteiger partial charge in [0.15, 0.2) is 0 Å². The van der Waals surface area contributed by atoms with Crippen LogP contribution < -0.4 is 4.90 Å². The molecule has 4 heterocycles. The maximum Gasteiger partial charge on any atom is 0.253 e. The number of carbonyl (C=O) groups excluding carboxylic acids is 1. The maximum absolute atomic E-state index is 13.0. The van der Waals surface area contributed by atoms with Crippen LogP contribution in [0.5, 0.6) is 0 Å². The van der Waals surface area contributed by atoms with Crippen molar-refractivity contribution in [1.29, 1.82) is 0 Å². The number of aromatic nitrogens is 2. The number of morpholine rings is 1. The number of benzene rings is 1. The highest BCUT2D eigenvalue weighted by Gasteiger charge is 2.22. The molecule has 2 aromatic heterocycles. The van der Waals surface area contributed by atoms with Gasteiger partial charge < -0.3 is 19.4 Å². The van der Waals surface area contributed by atoms with Crippen molar-refractivity contribution in [3.63, 3.8) is 0 Å². The van der Waals surface area contributed by atoms with Crippen LogP contribution in [0.15, 0.2) is 30.3 Å². The number of fused-ring (bicyclic) bond motifs is 1. The number of carbonyl (C=O) groups is 1. The van der Waals surface area contributed by atoms with E-state index in [9.17, 15) is 4.79 Å². The molecule has 0 bridgehead atoms. The highest BCUT2D eigenvalue weighted by Crippen LogP contribution is 2.37. The first kappa shape index (κ1) is 20.6. The molecule has 0 saturated carbocycles. The molecule has 2 aliphatic rings. The molecule has 1 amide bonds. The summed E-state index contributed by atoms with van der Waals surface area (Å²) in [7, 11) is 2.09. The van der Waals surface area contributed by atoms with E-state index in [0.29, 0.717) is 13.2 Å². The monoisotopic (exact) mass is 457 g/mol. The van der Waals surface area contributed by atoms with Gasteiger partial charge >= 0.3 is 0 Å². The Hall–Kier alpha value is -2.26. The van der Waals surface area contributed by atoms with Crippen molar-refractivity contribution < 1.29 is 9.53 Å². The molecule has 3 aromatic rings. The van der Waals surface area contributed by atoms with Crippen LogP contribution in [0.25, 0.3) is 20.7 Å². The van der Waals surface area contributed by atoms with Gasteiger partial charge in [0.1, 0.15) is 10.6 Å². The van der Waals surface area contributed by atoms with E-state index in [1.54, 1.807) is 11.3 Å². The van der Waals surface area contributed by atoms with E-state index in [4.69, 9.17) is 16.3 Å². The quantitative estimate of drug-likeness (QED) is 0.563. The third-order valence-electron chi connectivity index (χ3n) is 5.84. The smallest absolute Gasteiger partial charge is 0.253 e. The van der Waals surface area contributed by atoms with Gasteiger partial charge in [-0.25, -0.2) is 4.98 Å². The normalized spacial score (nSPS) is 18.0. The van der Waals surface area contributed by atoms with Gasteiger partial charge in [-0.2, -0.15) is 4.98 Å². The molecule has 0 aliphatic carbocycles. The zero-order chi connectivity index (χ0) is 21.4. The first-order valence-corrected chi connectivity index (χ1v) is 11.7. The predicted molar refractivity (Wildman–Crippen MR) is 124 cm³/mol. The molecule has 9 heteroatoms. The van der Waals surface area contributed by atoms with Crippen molar-refractivity contribution >= 4 is 44.9 Å². The Labute approximate surface area is 190 Å². The lowest BCUT2D eigenvalue weighted by molar-refractivity contribution is 0.0664. The lowest BCUT2D eigenvalue weighted by atomic mass is 10.1. The Bertz CT molecular complexity index is 1110. The van der Waals surface area contributed by atoms with Crippen LogP contribution in [0.3, 0.4) is 0 Å². The average Bonchev–Trinajstić information content (AvgIpc) is 3.23. The molecule has 0 radical (unpaired) electrons. The molecule has 5 rings (SSSR count). The molecule has 2 saturated heterocycles. The first-order chi connectivity index (χ1) is 15.1. The summed E-state index contributed by atoms with van der Waals surface area (Å²) in [5.41, 5.74) is 1.73. The molecule has 31 heavy (non-hydrogen) atoms. The predicted octanol–water partition coefficient (Wildman–Crippen LogP) is 3.24. The standard InChI is InChI=1S/C22H24ClN5O2S/c1-26-5-7-28(8-6-26)21(29)16-4-2-3-15(13-16)18-14-17-19(27-9-11-30-12-10-27)24-22(23)25-20(17)31-18/h2-4,13-14H,5-12H2,1H3. The van der Waals surface area contributed by atoms with Gasteiger partial charge in [-0.1, -0.05) is 12.1 Å². The summed E-state index contributed by atoms with van der Waals surface area (Å²) in [6, 6.07) is 9.97. The molecule has 2 aliphatic heterocycles. The van der Waals surface area contributed by atoms with Gasteiger partial charge in [0.05, 0.1) is 18.6 Å². The highest BCUT2D eigenvalue weighted by atomic mass is 35.5. The van der Waals surface area contributed by atoms with Crippen LogP contribution in [0, 0.1) is 0 Å². The van der Waals surface area contributed by atoms with E-state index < -0.39 is 0 Å². The molecule has 1 aromatic carbocycles. The minimum atomic E-state index is 0.0907. The number of halogens is 1. The van der Waals surface area contributed by atoms with E-state index >= 15 is 0 Å². The third kappa shape index (κ3) is 4.25. The summed E-state index contributed by atoms with van der Waals surface area (Å²) >= 11 is 7.81. The molecular formula is C22H24ClN5O2S. The fourth-order valence-corrected chi connectivity index (χ4v) is 5.27. The van der Waals surface area contributed by atoms with E-state index in [2.05, 4.69) is 32.9 Å². The van der Waals surface area contributed by atoms with Crippen molar-refractivity contribution in [1.82, 2.24) is 19.8 Å². The summed E-state index contributed by atoms with van der Waals surface area (Å²) in [6.45, 7) is 6.26. The number of thiophene rings is 1. The van der Waals surface area contributed by atoms with E-state index in [1.807, 2.05) is 29.2 Å². The second-order valence-corrected chi connectivity index (χ2v) is 9.29. The fourth-order valence-electron chi connectivity index (χ4n) is 4.04. The Balaban J connectivity index is 1.47. The second-order valence-electron chi connectivity index (χ2n) is 7.92. The molecule has 162 valence electrons. The van der Waals surface area contributed by atoms with Gasteiger partial charge in [-0.15, -0.1) is 11.3 Å². The van der Waals surface area contributed by atoms with Crippen LogP contribution in [0.1, 0.15) is 10.4 Å². The van der Waals surface area contributed by atoms with Crippen LogP contribution in [0.4, 0.5) is 5.82 Å². The van der Waals surface area contributed by atoms with Crippen LogP contribution in [-0.2, 0) is 4.74 Å². The topological polar surface area (TPSA) is 61.8 Å². The van der Waals surface area contributed by atoms with E-state index in [1.165, 1.54) is 0 Å². The van der Waals surface area contributed by atoms with E-state index in [-0.39, 0.29) is 11.2 Å². The summed E-state index contributed by atoms with van der Waals surface area (Å²) in [5.74, 6) is 0.943. The average molecular weight is 458 g/mol. The van der Waals surface area contributed by atoms with Gasteiger partial charge in [-0.05, 0) is 42.4 Å². The van der Waals surface area contributed by atoms with Crippen molar-refractivity contribution in [3.05, 3.63) is 41.2 Å². The molecule has 0 spiro atoms. The van der Waals surface area contributed by atoms with E-state index in [0.717, 1.165) is 71.3 Å². The van der Waals surface area contributed by atoms with Crippen LogP contribution in [-0.4, -0.2) is 85.2 Å². The molecule has 0 N–H and O–H groups in total. The van der Waals surface area contributed by atoms with Gasteiger partial charge in [0.2, 0.25) is 5.28 Å².